The Hall–Kier alpha value is 0.470. The van der Waals surface area contributed by atoms with Gasteiger partial charge in [-0.2, -0.15) is 0 Å². The van der Waals surface area contributed by atoms with E-state index in [0.717, 1.165) is 0 Å². The topological polar surface area (TPSA) is 148 Å². The minimum atomic E-state index is -4.64. The Morgan fingerprint density at radius 2 is 0.800 bits per heavy atom. The van der Waals surface area contributed by atoms with Crippen LogP contribution in [0.2, 0.25) is 0 Å². The monoisotopic (exact) mass is 454 g/mol. The average molecular weight is 455 g/mol. The number of hydrogen-bond donors (Lipinski definition) is 5. The number of halogens is 1. The molecule has 0 saturated heterocycles. The summed E-state index contributed by atoms with van der Waals surface area (Å²) in [7, 11) is -4.64. The summed E-state index contributed by atoms with van der Waals surface area (Å²) in [6.45, 7) is 15.0. The third-order valence-corrected chi connectivity index (χ3v) is 3.94. The van der Waals surface area contributed by atoms with Gasteiger partial charge >= 0.3 is 7.82 Å². The molecule has 0 aliphatic heterocycles. The van der Waals surface area contributed by atoms with E-state index in [1.54, 1.807) is 0 Å². The van der Waals surface area contributed by atoms with Crippen LogP contribution in [0.3, 0.4) is 0 Å². The van der Waals surface area contributed by atoms with Crippen molar-refractivity contribution in [3.05, 3.63) is 0 Å². The Morgan fingerprint density at radius 3 is 0.920 bits per heavy atom. The number of hydrogen-bond acceptors (Lipinski definition) is 3. The minimum Gasteiger partial charge on any atom is -0.344 e. The molecular formula is C16H46BrN3O4P+. The zero-order valence-corrected chi connectivity index (χ0v) is 19.6. The molecule has 0 aromatic carbocycles. The highest BCUT2D eigenvalue weighted by Crippen LogP contribution is 2.25. The molecule has 0 aromatic rings. The van der Waals surface area contributed by atoms with Gasteiger partial charge in [-0.3, -0.25) is 0 Å². The van der Waals surface area contributed by atoms with Crippen molar-refractivity contribution in [2.45, 2.75) is 79.1 Å². The van der Waals surface area contributed by atoms with E-state index in [1.165, 1.54) is 82.0 Å². The van der Waals surface area contributed by atoms with Gasteiger partial charge in [0, 0.05) is 0 Å². The third-order valence-electron chi connectivity index (χ3n) is 3.94. The second kappa shape index (κ2) is 22.5. The number of unbranched alkanes of at least 4 members (excludes halogenated alkanes) is 4. The van der Waals surface area contributed by atoms with Crippen LogP contribution in [0, 0.1) is 0 Å². The summed E-state index contributed by atoms with van der Waals surface area (Å²) >= 11 is 0. The molecule has 9 heteroatoms. The van der Waals surface area contributed by atoms with Crippen LogP contribution in [-0.4, -0.2) is 45.3 Å². The normalized spacial score (nSPS) is 10.5. The summed E-state index contributed by atoms with van der Waals surface area (Å²) in [6.07, 6.45) is 11.1. The van der Waals surface area contributed by atoms with Crippen LogP contribution in [0.5, 0.6) is 0 Å². The second-order valence-electron chi connectivity index (χ2n) is 6.16. The highest BCUT2D eigenvalue weighted by molar-refractivity contribution is 8.93. The summed E-state index contributed by atoms with van der Waals surface area (Å²) in [5.74, 6) is 0. The first-order valence-electron chi connectivity index (χ1n) is 8.88. The van der Waals surface area contributed by atoms with Gasteiger partial charge < -0.3 is 31.5 Å². The predicted octanol–water partition coefficient (Wildman–Crippen LogP) is 4.98. The molecule has 25 heavy (non-hydrogen) atoms. The molecule has 0 rings (SSSR count). The van der Waals surface area contributed by atoms with Crippen molar-refractivity contribution < 1.29 is 23.7 Å². The molecule has 0 aromatic heterocycles. The molecular weight excluding hydrogens is 409 g/mol. The van der Waals surface area contributed by atoms with Crippen LogP contribution in [0.1, 0.15) is 79.1 Å². The van der Waals surface area contributed by atoms with Crippen LogP contribution in [0.4, 0.5) is 0 Å². The van der Waals surface area contributed by atoms with E-state index in [4.69, 9.17) is 19.2 Å². The molecule has 0 heterocycles. The molecule has 0 bridgehead atoms. The molecule has 0 radical (unpaired) electrons. The van der Waals surface area contributed by atoms with E-state index < -0.39 is 7.82 Å². The first-order chi connectivity index (χ1) is 10.2. The Labute approximate surface area is 166 Å². The van der Waals surface area contributed by atoms with Crippen molar-refractivity contribution in [1.29, 1.82) is 0 Å². The Balaban J connectivity index is -0.000000147. The number of rotatable bonds is 12. The van der Waals surface area contributed by atoms with Crippen LogP contribution in [-0.2, 0) is 4.57 Å². The van der Waals surface area contributed by atoms with Gasteiger partial charge in [-0.05, 0) is 25.7 Å². The second-order valence-corrected chi connectivity index (χ2v) is 7.19. The maximum absolute atomic E-state index is 8.88. The van der Waals surface area contributed by atoms with Gasteiger partial charge in [0.15, 0.2) is 0 Å². The van der Waals surface area contributed by atoms with Crippen molar-refractivity contribution in [2.75, 3.05) is 26.2 Å². The van der Waals surface area contributed by atoms with E-state index in [2.05, 4.69) is 27.7 Å². The Bertz CT molecular complexity index is 249. The number of quaternary nitrogens is 1. The molecule has 9 N–H and O–H groups in total. The van der Waals surface area contributed by atoms with Crippen LogP contribution in [0.25, 0.3) is 0 Å². The van der Waals surface area contributed by atoms with Crippen molar-refractivity contribution in [2.24, 2.45) is 0 Å². The van der Waals surface area contributed by atoms with Crippen molar-refractivity contribution in [3.8, 4) is 0 Å². The Morgan fingerprint density at radius 1 is 0.640 bits per heavy atom. The molecule has 0 aliphatic carbocycles. The highest BCUT2D eigenvalue weighted by Gasteiger charge is 2.24. The number of nitrogens with zero attached hydrogens (tertiary/aromatic N) is 1. The van der Waals surface area contributed by atoms with E-state index in [0.29, 0.717) is 0 Å². The number of phosphoric acid groups is 1. The van der Waals surface area contributed by atoms with Gasteiger partial charge in [0.25, 0.3) is 0 Å². The van der Waals surface area contributed by atoms with E-state index in [-0.39, 0.29) is 29.3 Å². The lowest BCUT2D eigenvalue weighted by atomic mass is 10.1. The van der Waals surface area contributed by atoms with E-state index in [9.17, 15) is 0 Å². The minimum absolute atomic E-state index is 0. The molecule has 0 spiro atoms. The maximum atomic E-state index is 8.88. The molecule has 0 aliphatic rings. The van der Waals surface area contributed by atoms with Gasteiger partial charge in [-0.1, -0.05) is 53.4 Å². The fourth-order valence-electron chi connectivity index (χ4n) is 2.64. The summed E-state index contributed by atoms with van der Waals surface area (Å²) in [5, 5.41) is 0. The van der Waals surface area contributed by atoms with Crippen molar-refractivity contribution in [1.82, 2.24) is 12.3 Å². The van der Waals surface area contributed by atoms with E-state index >= 15 is 0 Å². The molecule has 0 fully saturated rings. The fraction of sp³-hybridized carbons (Fsp3) is 1.00. The molecule has 0 saturated carbocycles. The lowest BCUT2D eigenvalue weighted by Gasteiger charge is -2.39. The fourth-order valence-corrected chi connectivity index (χ4v) is 2.64. The van der Waals surface area contributed by atoms with E-state index in [1.807, 2.05) is 0 Å². The SMILES string of the molecule is Br.CCCC[N+](CCCC)(CCCC)CCCC.N.N.O=P(O)(O)O. The van der Waals surface area contributed by atoms with Crippen molar-refractivity contribution >= 4 is 24.8 Å². The average Bonchev–Trinajstić information content (AvgIpc) is 2.44. The smallest absolute Gasteiger partial charge is 0.344 e. The summed E-state index contributed by atoms with van der Waals surface area (Å²) in [4.78, 5) is 21.6. The lowest BCUT2D eigenvalue weighted by molar-refractivity contribution is -0.929. The van der Waals surface area contributed by atoms with Gasteiger partial charge in [0.1, 0.15) is 0 Å². The molecule has 0 atom stereocenters. The maximum Gasteiger partial charge on any atom is 0.466 e. The largest absolute Gasteiger partial charge is 0.466 e. The first kappa shape index (κ1) is 36.4. The van der Waals surface area contributed by atoms with Crippen LogP contribution >= 0.6 is 24.8 Å². The third kappa shape index (κ3) is 29.5. The molecule has 160 valence electrons. The zero-order chi connectivity index (χ0) is 17.5. The molecule has 0 amide bonds. The lowest BCUT2D eigenvalue weighted by Crippen LogP contribution is -2.50. The zero-order valence-electron chi connectivity index (χ0n) is 17.0. The van der Waals surface area contributed by atoms with Gasteiger partial charge in [0.2, 0.25) is 0 Å². The van der Waals surface area contributed by atoms with Gasteiger partial charge in [-0.25, -0.2) is 4.57 Å². The van der Waals surface area contributed by atoms with Crippen LogP contribution in [0.15, 0.2) is 0 Å². The summed E-state index contributed by atoms with van der Waals surface area (Å²) < 4.78 is 10.3. The predicted molar refractivity (Wildman–Crippen MR) is 114 cm³/mol. The summed E-state index contributed by atoms with van der Waals surface area (Å²) in [6, 6.07) is 0. The first-order valence-corrected chi connectivity index (χ1v) is 10.4. The Kier molecular flexibility index (Phi) is 32.8. The molecule has 0 unspecified atom stereocenters. The summed E-state index contributed by atoms with van der Waals surface area (Å²) in [5.41, 5.74) is 0. The molecule has 7 nitrogen and oxygen atoms in total. The quantitative estimate of drug-likeness (QED) is 0.207. The standard InChI is InChI=1S/C16H36N.BrH.2H3N.H3O4P/c1-5-9-13-17(14-10-6-2,15-11-7-3)16-12-8-4;;;;1-5(2,3)4/h5-16H2,1-4H3;1H;2*1H3;(H3,1,2,3,4)/q+1;;;;. The van der Waals surface area contributed by atoms with Gasteiger partial charge in [-0.15, -0.1) is 17.0 Å². The van der Waals surface area contributed by atoms with Crippen LogP contribution < -0.4 is 12.3 Å². The van der Waals surface area contributed by atoms with Crippen molar-refractivity contribution in [3.63, 3.8) is 0 Å². The highest BCUT2D eigenvalue weighted by atomic mass is 79.9. The van der Waals surface area contributed by atoms with Gasteiger partial charge in [0.05, 0.1) is 26.2 Å².